The van der Waals surface area contributed by atoms with E-state index in [2.05, 4.69) is 10.6 Å². The molecule has 7 nitrogen and oxygen atoms in total. The summed E-state index contributed by atoms with van der Waals surface area (Å²) in [6.07, 6.45) is 0. The first kappa shape index (κ1) is 19.7. The molecule has 0 radical (unpaired) electrons. The van der Waals surface area contributed by atoms with E-state index in [1.807, 2.05) is 62.1 Å². The number of benzene rings is 2. The zero-order chi connectivity index (χ0) is 20.1. The molecule has 0 aliphatic carbocycles. The third kappa shape index (κ3) is 4.80. The average molecular weight is 383 g/mol. The molecule has 0 bridgehead atoms. The van der Waals surface area contributed by atoms with Gasteiger partial charge in [0.15, 0.2) is 11.5 Å². The van der Waals surface area contributed by atoms with Gasteiger partial charge in [-0.15, -0.1) is 0 Å². The Hall–Kier alpha value is -3.06. The zero-order valence-electron chi connectivity index (χ0n) is 16.4. The van der Waals surface area contributed by atoms with E-state index in [1.54, 1.807) is 0 Å². The van der Waals surface area contributed by atoms with Gasteiger partial charge in [-0.2, -0.15) is 0 Å². The SMILES string of the molecule is CCN(CC(=O)NC(=O)Nc1cccc(C)c1C)Cc1ccc2c(c1)OCO2. The Morgan fingerprint density at radius 1 is 1.11 bits per heavy atom. The molecule has 148 valence electrons. The lowest BCUT2D eigenvalue weighted by Crippen LogP contribution is -2.41. The number of likely N-dealkylation sites (N-methyl/N-ethyl adjacent to an activating group) is 1. The molecule has 3 rings (SSSR count). The van der Waals surface area contributed by atoms with Crippen LogP contribution in [-0.2, 0) is 11.3 Å². The quantitative estimate of drug-likeness (QED) is 0.801. The molecule has 0 saturated heterocycles. The smallest absolute Gasteiger partial charge is 0.325 e. The molecule has 7 heteroatoms. The average Bonchev–Trinajstić information content (AvgIpc) is 3.12. The van der Waals surface area contributed by atoms with Crippen LogP contribution in [-0.4, -0.2) is 36.7 Å². The lowest BCUT2D eigenvalue weighted by atomic mass is 10.1. The number of hydrogen-bond acceptors (Lipinski definition) is 5. The highest BCUT2D eigenvalue weighted by Crippen LogP contribution is 2.32. The van der Waals surface area contributed by atoms with E-state index in [-0.39, 0.29) is 19.2 Å². The van der Waals surface area contributed by atoms with Crippen molar-refractivity contribution in [2.24, 2.45) is 0 Å². The van der Waals surface area contributed by atoms with Crippen molar-refractivity contribution in [2.75, 3.05) is 25.2 Å². The Morgan fingerprint density at radius 3 is 2.68 bits per heavy atom. The first-order chi connectivity index (χ1) is 13.5. The largest absolute Gasteiger partial charge is 0.454 e. The van der Waals surface area contributed by atoms with Crippen molar-refractivity contribution < 1.29 is 19.1 Å². The molecule has 1 aliphatic rings. The predicted octanol–water partition coefficient (Wildman–Crippen LogP) is 3.20. The van der Waals surface area contributed by atoms with Gasteiger partial charge in [-0.3, -0.25) is 15.0 Å². The zero-order valence-corrected chi connectivity index (χ0v) is 16.4. The van der Waals surface area contributed by atoms with Crippen LogP contribution in [0.15, 0.2) is 36.4 Å². The number of hydrogen-bond donors (Lipinski definition) is 2. The standard InChI is InChI=1S/C21H25N3O4/c1-4-24(11-16-8-9-18-19(10-16)28-13-27-18)12-20(25)23-21(26)22-17-7-5-6-14(2)15(17)3/h5-10H,4,11-13H2,1-3H3,(H2,22,23,25,26). The molecule has 0 unspecified atom stereocenters. The van der Waals surface area contributed by atoms with E-state index < -0.39 is 6.03 Å². The molecule has 0 aromatic heterocycles. The lowest BCUT2D eigenvalue weighted by Gasteiger charge is -2.20. The van der Waals surface area contributed by atoms with Crippen molar-refractivity contribution in [3.8, 4) is 11.5 Å². The summed E-state index contributed by atoms with van der Waals surface area (Å²) in [4.78, 5) is 26.4. The molecule has 28 heavy (non-hydrogen) atoms. The minimum absolute atomic E-state index is 0.116. The highest BCUT2D eigenvalue weighted by molar-refractivity contribution is 6.02. The number of carbonyl (C=O) groups is 2. The third-order valence-electron chi connectivity index (χ3n) is 4.76. The monoisotopic (exact) mass is 383 g/mol. The van der Waals surface area contributed by atoms with Crippen molar-refractivity contribution in [2.45, 2.75) is 27.3 Å². The number of carbonyl (C=O) groups excluding carboxylic acids is 2. The maximum Gasteiger partial charge on any atom is 0.325 e. The van der Waals surface area contributed by atoms with E-state index in [9.17, 15) is 9.59 Å². The molecule has 0 atom stereocenters. The second kappa shape index (κ2) is 8.75. The van der Waals surface area contributed by atoms with Crippen LogP contribution < -0.4 is 20.1 Å². The molecule has 1 aliphatic heterocycles. The summed E-state index contributed by atoms with van der Waals surface area (Å²) < 4.78 is 10.7. The van der Waals surface area contributed by atoms with Crippen molar-refractivity contribution >= 4 is 17.6 Å². The van der Waals surface area contributed by atoms with Gasteiger partial charge < -0.3 is 14.8 Å². The Kier molecular flexibility index (Phi) is 6.16. The highest BCUT2D eigenvalue weighted by Gasteiger charge is 2.16. The number of nitrogens with one attached hydrogen (secondary N) is 2. The van der Waals surface area contributed by atoms with Crippen LogP contribution in [0.4, 0.5) is 10.5 Å². The number of urea groups is 1. The van der Waals surface area contributed by atoms with Crippen LogP contribution in [0.5, 0.6) is 11.5 Å². The number of fused-ring (bicyclic) bond motifs is 1. The molecule has 2 aromatic carbocycles. The maximum atomic E-state index is 12.3. The van der Waals surface area contributed by atoms with Crippen molar-refractivity contribution in [3.63, 3.8) is 0 Å². The van der Waals surface area contributed by atoms with E-state index in [0.717, 1.165) is 22.4 Å². The van der Waals surface area contributed by atoms with Crippen molar-refractivity contribution in [1.29, 1.82) is 0 Å². The van der Waals surface area contributed by atoms with E-state index in [4.69, 9.17) is 9.47 Å². The first-order valence-electron chi connectivity index (χ1n) is 9.24. The number of ether oxygens (including phenoxy) is 2. The topological polar surface area (TPSA) is 79.9 Å². The molecular formula is C21H25N3O4. The summed E-state index contributed by atoms with van der Waals surface area (Å²) in [6.45, 7) is 7.45. The highest BCUT2D eigenvalue weighted by atomic mass is 16.7. The number of nitrogens with zero attached hydrogens (tertiary/aromatic N) is 1. The van der Waals surface area contributed by atoms with Crippen LogP contribution >= 0.6 is 0 Å². The summed E-state index contributed by atoms with van der Waals surface area (Å²) in [6, 6.07) is 10.8. The Balaban J connectivity index is 1.53. The molecular weight excluding hydrogens is 358 g/mol. The molecule has 0 spiro atoms. The van der Waals surface area contributed by atoms with Crippen molar-refractivity contribution in [3.05, 3.63) is 53.1 Å². The minimum atomic E-state index is -0.530. The lowest BCUT2D eigenvalue weighted by molar-refractivity contribution is -0.121. The van der Waals surface area contributed by atoms with Gasteiger partial charge in [0.25, 0.3) is 0 Å². The molecule has 0 fully saturated rings. The Morgan fingerprint density at radius 2 is 1.89 bits per heavy atom. The predicted molar refractivity (Wildman–Crippen MR) is 107 cm³/mol. The molecule has 1 heterocycles. The van der Waals surface area contributed by atoms with Crippen LogP contribution in [0.25, 0.3) is 0 Å². The van der Waals surface area contributed by atoms with Gasteiger partial charge in [-0.05, 0) is 55.3 Å². The van der Waals surface area contributed by atoms with Gasteiger partial charge in [0.1, 0.15) is 0 Å². The fourth-order valence-electron chi connectivity index (χ4n) is 2.99. The van der Waals surface area contributed by atoms with Crippen molar-refractivity contribution in [1.82, 2.24) is 10.2 Å². The van der Waals surface area contributed by atoms with E-state index in [1.165, 1.54) is 0 Å². The molecule has 2 N–H and O–H groups in total. The number of imide groups is 1. The number of amides is 3. The molecule has 0 saturated carbocycles. The fraction of sp³-hybridized carbons (Fsp3) is 0.333. The summed E-state index contributed by atoms with van der Waals surface area (Å²) in [5, 5.41) is 5.12. The summed E-state index contributed by atoms with van der Waals surface area (Å²) in [5.74, 6) is 1.09. The molecule has 2 aromatic rings. The van der Waals surface area contributed by atoms with Crippen LogP contribution in [0.2, 0.25) is 0 Å². The van der Waals surface area contributed by atoms with Gasteiger partial charge in [-0.25, -0.2) is 4.79 Å². The fourth-order valence-corrected chi connectivity index (χ4v) is 2.99. The van der Waals surface area contributed by atoms with Crippen LogP contribution in [0.1, 0.15) is 23.6 Å². The Bertz CT molecular complexity index is 882. The van der Waals surface area contributed by atoms with Gasteiger partial charge in [0, 0.05) is 12.2 Å². The van der Waals surface area contributed by atoms with Gasteiger partial charge in [-0.1, -0.05) is 25.1 Å². The summed E-state index contributed by atoms with van der Waals surface area (Å²) in [5.41, 5.74) is 3.75. The van der Waals surface area contributed by atoms with Gasteiger partial charge in [0.05, 0.1) is 6.54 Å². The third-order valence-corrected chi connectivity index (χ3v) is 4.76. The van der Waals surface area contributed by atoms with Crippen LogP contribution in [0.3, 0.4) is 0 Å². The Labute approximate surface area is 164 Å². The van der Waals surface area contributed by atoms with E-state index >= 15 is 0 Å². The number of anilines is 1. The van der Waals surface area contributed by atoms with Gasteiger partial charge in [0.2, 0.25) is 12.7 Å². The second-order valence-corrected chi connectivity index (χ2v) is 6.74. The minimum Gasteiger partial charge on any atom is -0.454 e. The summed E-state index contributed by atoms with van der Waals surface area (Å²) in [7, 11) is 0. The molecule has 3 amide bonds. The summed E-state index contributed by atoms with van der Waals surface area (Å²) >= 11 is 0. The number of aryl methyl sites for hydroxylation is 1. The van der Waals surface area contributed by atoms with E-state index in [0.29, 0.717) is 24.5 Å². The maximum absolute atomic E-state index is 12.3. The number of rotatable bonds is 6. The van der Waals surface area contributed by atoms with Crippen LogP contribution in [0, 0.1) is 13.8 Å². The second-order valence-electron chi connectivity index (χ2n) is 6.74. The first-order valence-corrected chi connectivity index (χ1v) is 9.24. The van der Waals surface area contributed by atoms with Gasteiger partial charge >= 0.3 is 6.03 Å². The normalized spacial score (nSPS) is 12.1.